The van der Waals surface area contributed by atoms with Gasteiger partial charge in [0.25, 0.3) is 5.91 Å². The predicted molar refractivity (Wildman–Crippen MR) is 119 cm³/mol. The summed E-state index contributed by atoms with van der Waals surface area (Å²) >= 11 is 3.72. The Morgan fingerprint density at radius 3 is 2.46 bits per heavy atom. The first kappa shape index (κ1) is 21.0. The van der Waals surface area contributed by atoms with Gasteiger partial charge in [-0.15, -0.1) is 11.3 Å². The number of amides is 3. The molecule has 1 aliphatic rings. The van der Waals surface area contributed by atoms with Crippen LogP contribution in [0.15, 0.2) is 41.8 Å². The van der Waals surface area contributed by atoms with Gasteiger partial charge in [0.05, 0.1) is 18.7 Å². The number of carbonyl (C=O) groups excluding carboxylic acids is 3. The van der Waals surface area contributed by atoms with Crippen LogP contribution in [0.2, 0.25) is 0 Å². The molecule has 0 spiro atoms. The number of carbonyl (C=O) groups is 3. The lowest BCUT2D eigenvalue weighted by Crippen LogP contribution is -2.45. The Hall–Kier alpha value is -1.74. The third-order valence-corrected chi connectivity index (χ3v) is 6.07. The first-order chi connectivity index (χ1) is 13.2. The van der Waals surface area contributed by atoms with Crippen LogP contribution in [0.3, 0.4) is 0 Å². The molecule has 1 aromatic carbocycles. The van der Waals surface area contributed by atoms with Gasteiger partial charge in [-0.3, -0.25) is 14.4 Å². The maximum atomic E-state index is 13.2. The highest BCUT2D eigenvalue weighted by atomic mass is 127. The van der Waals surface area contributed by atoms with E-state index in [-0.39, 0.29) is 29.6 Å². The average Bonchev–Trinajstić information content (AvgIpc) is 3.20. The smallest absolute Gasteiger partial charge is 0.257 e. The summed E-state index contributed by atoms with van der Waals surface area (Å²) in [6, 6.07) is 10.4. The second-order valence-electron chi connectivity index (χ2n) is 8.10. The molecule has 1 aliphatic heterocycles. The molecule has 0 N–H and O–H groups in total. The van der Waals surface area contributed by atoms with E-state index in [1.54, 1.807) is 28.4 Å². The summed E-state index contributed by atoms with van der Waals surface area (Å²) < 4.78 is 1.02. The second-order valence-corrected chi connectivity index (χ2v) is 10.4. The Labute approximate surface area is 182 Å². The van der Waals surface area contributed by atoms with Crippen LogP contribution in [0, 0.1) is 8.99 Å². The molecule has 28 heavy (non-hydrogen) atoms. The summed E-state index contributed by atoms with van der Waals surface area (Å²) in [7, 11) is 0. The summed E-state index contributed by atoms with van der Waals surface area (Å²) in [6.07, 6.45) is 0.339. The van der Waals surface area contributed by atoms with Crippen LogP contribution in [0.4, 0.5) is 5.69 Å². The van der Waals surface area contributed by atoms with Crippen LogP contribution in [-0.4, -0.2) is 28.7 Å². The predicted octanol–water partition coefficient (Wildman–Crippen LogP) is 4.45. The Morgan fingerprint density at radius 2 is 1.89 bits per heavy atom. The zero-order chi connectivity index (χ0) is 20.5. The van der Waals surface area contributed by atoms with Crippen molar-refractivity contribution in [3.05, 3.63) is 50.2 Å². The molecule has 148 valence electrons. The standard InChI is InChI=1S/C21H23IN2O3S/c1-21(2,3)12-19(26)23(13-16-5-4-10-28-16)17-11-18(25)24(20(17)27)15-8-6-14(22)7-9-15/h4-10,17H,11-13H2,1-3H3. The lowest BCUT2D eigenvalue weighted by Gasteiger charge is -2.30. The van der Waals surface area contributed by atoms with Crippen molar-refractivity contribution in [3.8, 4) is 0 Å². The monoisotopic (exact) mass is 510 g/mol. The van der Waals surface area contributed by atoms with Gasteiger partial charge in [-0.2, -0.15) is 0 Å². The number of imide groups is 1. The normalized spacial score (nSPS) is 17.3. The van der Waals surface area contributed by atoms with E-state index in [4.69, 9.17) is 0 Å². The lowest BCUT2D eigenvalue weighted by molar-refractivity contribution is -0.140. The van der Waals surface area contributed by atoms with E-state index in [1.807, 2.05) is 50.4 Å². The number of anilines is 1. The molecule has 0 bridgehead atoms. The van der Waals surface area contributed by atoms with Crippen LogP contribution < -0.4 is 4.90 Å². The number of benzene rings is 1. The zero-order valence-corrected chi connectivity index (χ0v) is 19.1. The molecule has 0 saturated carbocycles. The molecule has 5 nitrogen and oxygen atoms in total. The van der Waals surface area contributed by atoms with Gasteiger partial charge in [-0.05, 0) is 63.7 Å². The van der Waals surface area contributed by atoms with Gasteiger partial charge in [-0.25, -0.2) is 4.90 Å². The molecule has 3 rings (SSSR count). The van der Waals surface area contributed by atoms with E-state index in [0.29, 0.717) is 18.7 Å². The summed E-state index contributed by atoms with van der Waals surface area (Å²) in [5.41, 5.74) is 0.351. The van der Waals surface area contributed by atoms with Crippen molar-refractivity contribution in [1.82, 2.24) is 4.90 Å². The second kappa shape index (κ2) is 8.32. The van der Waals surface area contributed by atoms with Crippen LogP contribution in [0.1, 0.15) is 38.5 Å². The van der Waals surface area contributed by atoms with Gasteiger partial charge < -0.3 is 4.90 Å². The van der Waals surface area contributed by atoms with Crippen LogP contribution in [0.25, 0.3) is 0 Å². The molecule has 2 heterocycles. The van der Waals surface area contributed by atoms with Gasteiger partial charge in [0, 0.05) is 14.9 Å². The van der Waals surface area contributed by atoms with Gasteiger partial charge in [0.2, 0.25) is 11.8 Å². The fourth-order valence-corrected chi connectivity index (χ4v) is 4.28. The van der Waals surface area contributed by atoms with Crippen LogP contribution in [0.5, 0.6) is 0 Å². The van der Waals surface area contributed by atoms with Crippen molar-refractivity contribution in [2.24, 2.45) is 5.41 Å². The SMILES string of the molecule is CC(C)(C)CC(=O)N(Cc1cccs1)C1CC(=O)N(c2ccc(I)cc2)C1=O. The fraction of sp³-hybridized carbons (Fsp3) is 0.381. The number of rotatable bonds is 5. The average molecular weight is 510 g/mol. The number of halogens is 1. The van der Waals surface area contributed by atoms with Crippen molar-refractivity contribution in [2.75, 3.05) is 4.90 Å². The van der Waals surface area contributed by atoms with E-state index in [2.05, 4.69) is 22.6 Å². The van der Waals surface area contributed by atoms with Crippen molar-refractivity contribution in [1.29, 1.82) is 0 Å². The summed E-state index contributed by atoms with van der Waals surface area (Å²) in [4.78, 5) is 42.7. The summed E-state index contributed by atoms with van der Waals surface area (Å²) in [5, 5.41) is 1.95. The number of thiophene rings is 1. The number of hydrogen-bond acceptors (Lipinski definition) is 4. The molecule has 1 aromatic heterocycles. The lowest BCUT2D eigenvalue weighted by atomic mass is 9.91. The Balaban J connectivity index is 1.88. The van der Waals surface area contributed by atoms with Crippen molar-refractivity contribution >= 4 is 57.3 Å². The quantitative estimate of drug-likeness (QED) is 0.441. The highest BCUT2D eigenvalue weighted by Gasteiger charge is 2.44. The van der Waals surface area contributed by atoms with Gasteiger partial charge in [0.1, 0.15) is 6.04 Å². The highest BCUT2D eigenvalue weighted by molar-refractivity contribution is 14.1. The molecule has 0 aliphatic carbocycles. The molecular weight excluding hydrogens is 487 g/mol. The van der Waals surface area contributed by atoms with E-state index >= 15 is 0 Å². The molecule has 1 unspecified atom stereocenters. The minimum atomic E-state index is -0.760. The van der Waals surface area contributed by atoms with E-state index in [1.165, 1.54) is 4.90 Å². The van der Waals surface area contributed by atoms with E-state index in [9.17, 15) is 14.4 Å². The largest absolute Gasteiger partial charge is 0.325 e. The molecular formula is C21H23IN2O3S. The number of hydrogen-bond donors (Lipinski definition) is 0. The minimum Gasteiger partial charge on any atom is -0.325 e. The molecule has 0 radical (unpaired) electrons. The topological polar surface area (TPSA) is 57.7 Å². The maximum Gasteiger partial charge on any atom is 0.257 e. The van der Waals surface area contributed by atoms with E-state index in [0.717, 1.165) is 8.45 Å². The Bertz CT molecular complexity index is 872. The molecule has 1 atom stereocenters. The van der Waals surface area contributed by atoms with Crippen LogP contribution >= 0.6 is 33.9 Å². The Morgan fingerprint density at radius 1 is 1.21 bits per heavy atom. The molecule has 7 heteroatoms. The first-order valence-electron chi connectivity index (χ1n) is 9.10. The Kier molecular flexibility index (Phi) is 6.24. The molecule has 3 amide bonds. The van der Waals surface area contributed by atoms with E-state index < -0.39 is 6.04 Å². The highest BCUT2D eigenvalue weighted by Crippen LogP contribution is 2.30. The number of nitrogens with zero attached hydrogens (tertiary/aromatic N) is 2. The van der Waals surface area contributed by atoms with Crippen molar-refractivity contribution in [2.45, 2.75) is 46.2 Å². The first-order valence-corrected chi connectivity index (χ1v) is 11.1. The molecule has 1 fully saturated rings. The van der Waals surface area contributed by atoms with Crippen molar-refractivity contribution in [3.63, 3.8) is 0 Å². The summed E-state index contributed by atoms with van der Waals surface area (Å²) in [5.74, 6) is -0.697. The summed E-state index contributed by atoms with van der Waals surface area (Å²) in [6.45, 7) is 6.33. The molecule has 1 saturated heterocycles. The van der Waals surface area contributed by atoms with Crippen LogP contribution in [-0.2, 0) is 20.9 Å². The third kappa shape index (κ3) is 4.81. The zero-order valence-electron chi connectivity index (χ0n) is 16.1. The fourth-order valence-electron chi connectivity index (χ4n) is 3.22. The van der Waals surface area contributed by atoms with Gasteiger partial charge >= 0.3 is 0 Å². The van der Waals surface area contributed by atoms with Gasteiger partial charge in [0.15, 0.2) is 0 Å². The minimum absolute atomic E-state index is 0.0199. The maximum absolute atomic E-state index is 13.2. The third-order valence-electron chi connectivity index (χ3n) is 4.49. The van der Waals surface area contributed by atoms with Crippen molar-refractivity contribution < 1.29 is 14.4 Å². The van der Waals surface area contributed by atoms with Gasteiger partial charge in [-0.1, -0.05) is 26.8 Å². The molecule has 2 aromatic rings.